The first-order chi connectivity index (χ1) is 9.40. The van der Waals surface area contributed by atoms with Crippen LogP contribution in [0.15, 0.2) is 27.5 Å². The van der Waals surface area contributed by atoms with Crippen molar-refractivity contribution < 1.29 is 18.7 Å². The molecule has 0 saturated carbocycles. The molecule has 6 heteroatoms. The molecule has 110 valence electrons. The summed E-state index contributed by atoms with van der Waals surface area (Å²) in [5, 5.41) is 0.129. The maximum atomic E-state index is 12.6. The standard InChI is InChI=1S/C14H18ClNO4/c1-8-9(6-7-20-8)10-12(17)11(15)13(16(2)3)14(10,18-4)19-5/h6-7,10H,1-5H3. The Morgan fingerprint density at radius 3 is 2.35 bits per heavy atom. The minimum atomic E-state index is -1.24. The van der Waals surface area contributed by atoms with E-state index in [1.807, 2.05) is 0 Å². The quantitative estimate of drug-likeness (QED) is 0.798. The molecule has 1 unspecified atom stereocenters. The second-order valence-corrected chi connectivity index (χ2v) is 5.24. The van der Waals surface area contributed by atoms with Gasteiger partial charge in [-0.3, -0.25) is 4.79 Å². The minimum Gasteiger partial charge on any atom is -0.469 e. The zero-order valence-corrected chi connectivity index (χ0v) is 12.9. The summed E-state index contributed by atoms with van der Waals surface area (Å²) in [6, 6.07) is 1.74. The molecule has 1 aliphatic carbocycles. The first kappa shape index (κ1) is 15.1. The summed E-state index contributed by atoms with van der Waals surface area (Å²) in [5.74, 6) is -1.51. The smallest absolute Gasteiger partial charge is 0.225 e. The molecule has 1 aromatic rings. The van der Waals surface area contributed by atoms with E-state index in [-0.39, 0.29) is 10.8 Å². The first-order valence-corrected chi connectivity index (χ1v) is 6.54. The lowest BCUT2D eigenvalue weighted by Gasteiger charge is -2.36. The van der Waals surface area contributed by atoms with Crippen LogP contribution < -0.4 is 0 Å². The molecule has 1 aliphatic rings. The third-order valence-electron chi connectivity index (χ3n) is 3.66. The van der Waals surface area contributed by atoms with Crippen LogP contribution >= 0.6 is 11.6 Å². The van der Waals surface area contributed by atoms with Gasteiger partial charge in [-0.05, 0) is 13.0 Å². The summed E-state index contributed by atoms with van der Waals surface area (Å²) >= 11 is 6.23. The first-order valence-electron chi connectivity index (χ1n) is 6.16. The number of aryl methyl sites for hydroxylation is 1. The van der Waals surface area contributed by atoms with Gasteiger partial charge in [0.05, 0.1) is 12.0 Å². The van der Waals surface area contributed by atoms with Gasteiger partial charge in [-0.2, -0.15) is 0 Å². The van der Waals surface area contributed by atoms with Gasteiger partial charge >= 0.3 is 0 Å². The number of carbonyl (C=O) groups is 1. The van der Waals surface area contributed by atoms with Gasteiger partial charge in [0.2, 0.25) is 5.79 Å². The van der Waals surface area contributed by atoms with Crippen LogP contribution in [0.1, 0.15) is 17.2 Å². The van der Waals surface area contributed by atoms with E-state index in [0.717, 1.165) is 0 Å². The van der Waals surface area contributed by atoms with E-state index in [1.54, 1.807) is 32.0 Å². The van der Waals surface area contributed by atoms with Crippen LogP contribution in [0.2, 0.25) is 0 Å². The molecule has 0 spiro atoms. The lowest BCUT2D eigenvalue weighted by molar-refractivity contribution is -0.197. The zero-order valence-electron chi connectivity index (χ0n) is 12.2. The van der Waals surface area contributed by atoms with Crippen LogP contribution in [0.5, 0.6) is 0 Å². The molecule has 0 bridgehead atoms. The van der Waals surface area contributed by atoms with Crippen molar-refractivity contribution in [2.24, 2.45) is 0 Å². The number of methoxy groups -OCH3 is 2. The molecule has 1 aromatic heterocycles. The van der Waals surface area contributed by atoms with E-state index in [9.17, 15) is 4.79 Å². The molecule has 0 aromatic carbocycles. The molecule has 1 heterocycles. The normalized spacial score (nSPS) is 21.7. The zero-order chi connectivity index (χ0) is 15.1. The fourth-order valence-corrected chi connectivity index (χ4v) is 3.18. The number of ether oxygens (including phenoxy) is 2. The summed E-state index contributed by atoms with van der Waals surface area (Å²) in [4.78, 5) is 14.3. The van der Waals surface area contributed by atoms with Crippen LogP contribution in [0.25, 0.3) is 0 Å². The second-order valence-electron chi connectivity index (χ2n) is 4.86. The Kier molecular flexibility index (Phi) is 3.95. The van der Waals surface area contributed by atoms with Crippen molar-refractivity contribution in [1.29, 1.82) is 0 Å². The third-order valence-corrected chi connectivity index (χ3v) is 4.03. The van der Waals surface area contributed by atoms with Gasteiger partial charge in [0.1, 0.15) is 16.7 Å². The molecule has 20 heavy (non-hydrogen) atoms. The van der Waals surface area contributed by atoms with Crippen molar-refractivity contribution >= 4 is 17.4 Å². The third kappa shape index (κ3) is 1.89. The molecule has 0 radical (unpaired) electrons. The second kappa shape index (κ2) is 5.24. The summed E-state index contributed by atoms with van der Waals surface area (Å²) in [7, 11) is 6.58. The molecule has 0 aliphatic heterocycles. The Morgan fingerprint density at radius 1 is 1.35 bits per heavy atom. The molecule has 0 saturated heterocycles. The van der Waals surface area contributed by atoms with Crippen molar-refractivity contribution in [1.82, 2.24) is 4.90 Å². The Morgan fingerprint density at radius 2 is 1.95 bits per heavy atom. The largest absolute Gasteiger partial charge is 0.469 e. The maximum absolute atomic E-state index is 12.6. The number of carbonyl (C=O) groups excluding carboxylic acids is 1. The number of furan rings is 1. The molecular formula is C14H18ClNO4. The van der Waals surface area contributed by atoms with E-state index in [4.69, 9.17) is 25.5 Å². The van der Waals surface area contributed by atoms with Crippen LogP contribution in [0.3, 0.4) is 0 Å². The van der Waals surface area contributed by atoms with Gasteiger partial charge in [0, 0.05) is 33.9 Å². The summed E-state index contributed by atoms with van der Waals surface area (Å²) in [5.41, 5.74) is 1.23. The summed E-state index contributed by atoms with van der Waals surface area (Å²) in [6.07, 6.45) is 1.54. The number of rotatable bonds is 4. The van der Waals surface area contributed by atoms with Gasteiger partial charge in [-0.15, -0.1) is 0 Å². The molecule has 5 nitrogen and oxygen atoms in total. The fraction of sp³-hybridized carbons (Fsp3) is 0.500. The monoisotopic (exact) mass is 299 g/mol. The van der Waals surface area contributed by atoms with E-state index >= 15 is 0 Å². The Balaban J connectivity index is 2.65. The lowest BCUT2D eigenvalue weighted by atomic mass is 9.90. The number of Topliss-reactive ketones (excluding diaryl/α,β-unsaturated/α-hetero) is 1. The highest BCUT2D eigenvalue weighted by Crippen LogP contribution is 2.49. The van der Waals surface area contributed by atoms with Crippen molar-refractivity contribution in [3.05, 3.63) is 34.4 Å². The van der Waals surface area contributed by atoms with Crippen molar-refractivity contribution in [3.63, 3.8) is 0 Å². The number of halogens is 1. The Labute approximate surface area is 123 Å². The molecule has 0 amide bonds. The predicted octanol–water partition coefficient (Wildman–Crippen LogP) is 2.26. The molecule has 2 rings (SSSR count). The van der Waals surface area contributed by atoms with Crippen LogP contribution in [0, 0.1) is 6.92 Å². The van der Waals surface area contributed by atoms with Crippen LogP contribution in [0.4, 0.5) is 0 Å². The Bertz CT molecular complexity index is 557. The highest BCUT2D eigenvalue weighted by atomic mass is 35.5. The molecule has 0 N–H and O–H groups in total. The number of hydrogen-bond donors (Lipinski definition) is 0. The number of allylic oxidation sites excluding steroid dienone is 1. The SMILES string of the molecule is COC1(OC)C(N(C)C)=C(Cl)C(=O)C1c1ccoc1C. The molecule has 0 fully saturated rings. The van der Waals surface area contributed by atoms with Crippen LogP contribution in [-0.4, -0.2) is 44.8 Å². The lowest BCUT2D eigenvalue weighted by Crippen LogP contribution is -2.45. The number of hydrogen-bond acceptors (Lipinski definition) is 5. The van der Waals surface area contributed by atoms with E-state index in [1.165, 1.54) is 20.5 Å². The fourth-order valence-electron chi connectivity index (χ4n) is 2.77. The van der Waals surface area contributed by atoms with E-state index in [2.05, 4.69) is 0 Å². The van der Waals surface area contributed by atoms with Gasteiger partial charge in [-0.25, -0.2) is 0 Å². The summed E-state index contributed by atoms with van der Waals surface area (Å²) < 4.78 is 16.5. The average molecular weight is 300 g/mol. The van der Waals surface area contributed by atoms with E-state index in [0.29, 0.717) is 17.0 Å². The Hall–Kier alpha value is -1.30. The molecular weight excluding hydrogens is 282 g/mol. The summed E-state index contributed by atoms with van der Waals surface area (Å²) in [6.45, 7) is 1.79. The number of likely N-dealkylation sites (N-methyl/N-ethyl adjacent to an activating group) is 1. The number of nitrogens with zero attached hydrogens (tertiary/aromatic N) is 1. The van der Waals surface area contributed by atoms with Crippen molar-refractivity contribution in [2.75, 3.05) is 28.3 Å². The maximum Gasteiger partial charge on any atom is 0.225 e. The van der Waals surface area contributed by atoms with Crippen LogP contribution in [-0.2, 0) is 14.3 Å². The number of ketones is 1. The minimum absolute atomic E-state index is 0.129. The van der Waals surface area contributed by atoms with Gasteiger partial charge < -0.3 is 18.8 Å². The highest BCUT2D eigenvalue weighted by molar-refractivity contribution is 6.45. The molecule has 1 atom stereocenters. The van der Waals surface area contributed by atoms with E-state index < -0.39 is 11.7 Å². The average Bonchev–Trinajstić information content (AvgIpc) is 2.91. The van der Waals surface area contributed by atoms with Gasteiger partial charge in [0.15, 0.2) is 5.78 Å². The van der Waals surface area contributed by atoms with Crippen molar-refractivity contribution in [3.8, 4) is 0 Å². The topological polar surface area (TPSA) is 51.9 Å². The van der Waals surface area contributed by atoms with Gasteiger partial charge in [-0.1, -0.05) is 11.6 Å². The predicted molar refractivity (Wildman–Crippen MR) is 74.5 cm³/mol. The highest BCUT2D eigenvalue weighted by Gasteiger charge is 2.57. The van der Waals surface area contributed by atoms with Crippen molar-refractivity contribution in [2.45, 2.75) is 18.6 Å². The van der Waals surface area contributed by atoms with Gasteiger partial charge in [0.25, 0.3) is 0 Å².